The largest absolute Gasteiger partial charge is 0.491 e. The Kier molecular flexibility index (Phi) is 4.29. The second kappa shape index (κ2) is 6.27. The standard InChI is InChI=1S/C14H15N3O8/c1-24-12-7(9(20)10(12)21)15-4-5-8(19)11(22)13(25-5)17-3-2-6(18)16-14(17)23/h2-3,5,8,11,13,15,19,22H,4H2,1H3,(H,16,18,23)/t5-,8-,11-,13-/m1/s1. The Labute approximate surface area is 138 Å². The zero-order valence-electron chi connectivity index (χ0n) is 13.0. The topological polar surface area (TPSA) is 160 Å². The van der Waals surface area contributed by atoms with Gasteiger partial charge in [0.05, 0.1) is 7.11 Å². The maximum atomic E-state index is 11.8. The Bertz CT molecular complexity index is 970. The van der Waals surface area contributed by atoms with Crippen molar-refractivity contribution in [1.29, 1.82) is 0 Å². The Balaban J connectivity index is 1.75. The van der Waals surface area contributed by atoms with Crippen LogP contribution in [0.4, 0.5) is 5.69 Å². The Morgan fingerprint density at radius 1 is 1.24 bits per heavy atom. The molecule has 0 bridgehead atoms. The molecule has 2 heterocycles. The lowest BCUT2D eigenvalue weighted by atomic mass is 10.1. The predicted molar refractivity (Wildman–Crippen MR) is 83.6 cm³/mol. The minimum Gasteiger partial charge on any atom is -0.491 e. The van der Waals surface area contributed by atoms with Gasteiger partial charge in [0.15, 0.2) is 12.0 Å². The van der Waals surface area contributed by atoms with Crippen LogP contribution in [0.25, 0.3) is 0 Å². The molecule has 11 heteroatoms. The molecule has 0 radical (unpaired) electrons. The average molecular weight is 353 g/mol. The lowest BCUT2D eigenvalue weighted by Gasteiger charge is -2.18. The van der Waals surface area contributed by atoms with E-state index in [1.54, 1.807) is 0 Å². The third kappa shape index (κ3) is 2.77. The van der Waals surface area contributed by atoms with Crippen molar-refractivity contribution in [3.63, 3.8) is 0 Å². The molecule has 1 aromatic carbocycles. The Morgan fingerprint density at radius 3 is 2.60 bits per heavy atom. The first kappa shape index (κ1) is 17.1. The molecule has 2 aromatic rings. The van der Waals surface area contributed by atoms with Gasteiger partial charge in [0.2, 0.25) is 0 Å². The number of ether oxygens (including phenoxy) is 2. The molecule has 1 fully saturated rings. The molecule has 25 heavy (non-hydrogen) atoms. The number of aliphatic hydroxyl groups is 2. The van der Waals surface area contributed by atoms with Crippen LogP contribution >= 0.6 is 0 Å². The van der Waals surface area contributed by atoms with Gasteiger partial charge < -0.3 is 25.0 Å². The first-order valence-electron chi connectivity index (χ1n) is 7.29. The number of anilines is 1. The number of methoxy groups -OCH3 is 1. The van der Waals surface area contributed by atoms with Crippen LogP contribution < -0.4 is 32.2 Å². The molecule has 0 aliphatic carbocycles. The number of aliphatic hydroxyl groups excluding tert-OH is 2. The number of hydrogen-bond acceptors (Lipinski definition) is 9. The van der Waals surface area contributed by atoms with E-state index in [1.165, 1.54) is 7.11 Å². The van der Waals surface area contributed by atoms with Crippen molar-refractivity contribution in [2.45, 2.75) is 24.5 Å². The highest BCUT2D eigenvalue weighted by atomic mass is 16.6. The summed E-state index contributed by atoms with van der Waals surface area (Å²) in [6, 6.07) is 1.07. The normalized spacial score (nSPS) is 26.0. The molecule has 0 unspecified atom stereocenters. The molecule has 0 saturated carbocycles. The molecule has 0 spiro atoms. The van der Waals surface area contributed by atoms with Crippen molar-refractivity contribution in [3.8, 4) is 5.75 Å². The van der Waals surface area contributed by atoms with Gasteiger partial charge in [0, 0.05) is 18.8 Å². The van der Waals surface area contributed by atoms with Gasteiger partial charge >= 0.3 is 5.69 Å². The van der Waals surface area contributed by atoms with Crippen LogP contribution in [0.2, 0.25) is 0 Å². The average Bonchev–Trinajstić information content (AvgIpc) is 2.86. The summed E-state index contributed by atoms with van der Waals surface area (Å²) in [6.07, 6.45) is -3.87. The lowest BCUT2D eigenvalue weighted by molar-refractivity contribution is -0.0363. The van der Waals surface area contributed by atoms with Crippen molar-refractivity contribution in [2.24, 2.45) is 0 Å². The van der Waals surface area contributed by atoms with E-state index in [-0.39, 0.29) is 18.0 Å². The monoisotopic (exact) mass is 353 g/mol. The minimum absolute atomic E-state index is 0.0394. The van der Waals surface area contributed by atoms with Gasteiger partial charge in [-0.3, -0.25) is 23.9 Å². The van der Waals surface area contributed by atoms with Crippen molar-refractivity contribution in [1.82, 2.24) is 9.55 Å². The third-order valence-electron chi connectivity index (χ3n) is 4.01. The fourth-order valence-corrected chi connectivity index (χ4v) is 2.68. The van der Waals surface area contributed by atoms with E-state index in [0.29, 0.717) is 0 Å². The number of H-pyrrole nitrogens is 1. The van der Waals surface area contributed by atoms with E-state index in [9.17, 15) is 29.4 Å². The summed E-state index contributed by atoms with van der Waals surface area (Å²) in [5, 5.41) is 22.8. The van der Waals surface area contributed by atoms with Crippen LogP contribution in [-0.2, 0) is 4.74 Å². The molecule has 1 aromatic heterocycles. The van der Waals surface area contributed by atoms with Crippen LogP contribution in [0.3, 0.4) is 0 Å². The molecular formula is C14H15N3O8. The molecule has 4 N–H and O–H groups in total. The number of hydrogen-bond donors (Lipinski definition) is 4. The molecule has 4 atom stereocenters. The van der Waals surface area contributed by atoms with Gasteiger partial charge in [0.1, 0.15) is 24.0 Å². The smallest absolute Gasteiger partial charge is 0.330 e. The highest BCUT2D eigenvalue weighted by Gasteiger charge is 2.44. The number of aromatic amines is 1. The molecular weight excluding hydrogens is 338 g/mol. The molecule has 3 rings (SSSR count). The summed E-state index contributed by atoms with van der Waals surface area (Å²) in [5.41, 5.74) is -2.96. The van der Waals surface area contributed by atoms with Gasteiger partial charge in [-0.05, 0) is 0 Å². The third-order valence-corrected chi connectivity index (χ3v) is 4.01. The maximum absolute atomic E-state index is 11.8. The van der Waals surface area contributed by atoms with Crippen LogP contribution in [0.15, 0.2) is 31.4 Å². The number of nitrogens with one attached hydrogen (secondary N) is 2. The SMILES string of the molecule is COc1c(NC[C@H]2O[C@@H](n3ccc(=O)[nH]c3=O)[C@H](O)[C@@H]2O)c(=O)c1=O. The van der Waals surface area contributed by atoms with E-state index in [1.807, 2.05) is 4.98 Å². The fourth-order valence-electron chi connectivity index (χ4n) is 2.68. The van der Waals surface area contributed by atoms with Crippen molar-refractivity contribution in [3.05, 3.63) is 53.5 Å². The summed E-state index contributed by atoms with van der Waals surface area (Å²) < 4.78 is 11.2. The van der Waals surface area contributed by atoms with E-state index >= 15 is 0 Å². The van der Waals surface area contributed by atoms with Gasteiger partial charge in [-0.2, -0.15) is 0 Å². The van der Waals surface area contributed by atoms with Crippen LogP contribution in [0.1, 0.15) is 6.23 Å². The van der Waals surface area contributed by atoms with Crippen LogP contribution in [0.5, 0.6) is 5.75 Å². The molecule has 0 amide bonds. The van der Waals surface area contributed by atoms with Gasteiger partial charge in [-0.15, -0.1) is 0 Å². The summed E-state index contributed by atoms with van der Waals surface area (Å²) in [7, 11) is 1.24. The van der Waals surface area contributed by atoms with Crippen molar-refractivity contribution in [2.75, 3.05) is 19.0 Å². The van der Waals surface area contributed by atoms with Crippen molar-refractivity contribution >= 4 is 5.69 Å². The zero-order valence-corrected chi connectivity index (χ0v) is 13.0. The molecule has 1 aliphatic heterocycles. The summed E-state index contributed by atoms with van der Waals surface area (Å²) in [6.45, 7) is -0.117. The second-order valence-corrected chi connectivity index (χ2v) is 5.51. The first-order chi connectivity index (χ1) is 11.8. The number of nitrogens with zero attached hydrogens (tertiary/aromatic N) is 1. The number of rotatable bonds is 5. The highest BCUT2D eigenvalue weighted by Crippen LogP contribution is 2.28. The predicted octanol–water partition coefficient (Wildman–Crippen LogP) is -3.13. The quantitative estimate of drug-likeness (QED) is 0.408. The summed E-state index contributed by atoms with van der Waals surface area (Å²) >= 11 is 0. The first-order valence-corrected chi connectivity index (χ1v) is 7.29. The Hall–Kier alpha value is -2.76. The van der Waals surface area contributed by atoms with Gasteiger partial charge in [-0.25, -0.2) is 4.79 Å². The van der Waals surface area contributed by atoms with E-state index in [4.69, 9.17) is 9.47 Å². The van der Waals surface area contributed by atoms with E-state index in [0.717, 1.165) is 16.8 Å². The summed E-state index contributed by atoms with van der Waals surface area (Å²) in [5.74, 6) is -0.119. The van der Waals surface area contributed by atoms with E-state index in [2.05, 4.69) is 5.32 Å². The van der Waals surface area contributed by atoms with E-state index < -0.39 is 46.6 Å². The van der Waals surface area contributed by atoms with Crippen LogP contribution in [0, 0.1) is 0 Å². The van der Waals surface area contributed by atoms with Crippen LogP contribution in [-0.4, -0.2) is 51.7 Å². The number of aromatic nitrogens is 2. The minimum atomic E-state index is -1.44. The zero-order chi connectivity index (χ0) is 18.3. The van der Waals surface area contributed by atoms with Gasteiger partial charge in [0.25, 0.3) is 16.4 Å². The molecule has 11 nitrogen and oxygen atoms in total. The second-order valence-electron chi connectivity index (χ2n) is 5.51. The summed E-state index contributed by atoms with van der Waals surface area (Å²) in [4.78, 5) is 47.6. The van der Waals surface area contributed by atoms with Crippen molar-refractivity contribution < 1.29 is 19.7 Å². The highest BCUT2D eigenvalue weighted by molar-refractivity contribution is 5.61. The maximum Gasteiger partial charge on any atom is 0.330 e. The Morgan fingerprint density at radius 2 is 1.96 bits per heavy atom. The molecule has 134 valence electrons. The molecule has 1 aliphatic rings. The molecule has 1 saturated heterocycles. The lowest BCUT2D eigenvalue weighted by Crippen LogP contribution is -2.40. The van der Waals surface area contributed by atoms with Gasteiger partial charge in [-0.1, -0.05) is 0 Å². The fraction of sp³-hybridized carbons (Fsp3) is 0.429.